The molecule has 0 aliphatic heterocycles. The molecule has 32 heteroatoms. The molecular formula is C58H86N16O15S. The first-order chi connectivity index (χ1) is 42.7. The van der Waals surface area contributed by atoms with Crippen molar-refractivity contribution >= 4 is 89.6 Å². The first kappa shape index (κ1) is 75.1. The van der Waals surface area contributed by atoms with Crippen molar-refractivity contribution in [3.05, 3.63) is 90.0 Å². The van der Waals surface area contributed by atoms with Gasteiger partial charge in [-0.1, -0.05) is 101 Å². The number of benzene rings is 2. The fraction of sp³-hybridized carbons (Fsp3) is 0.517. The van der Waals surface area contributed by atoms with E-state index in [0.29, 0.717) is 16.8 Å². The molecule has 0 bridgehead atoms. The van der Waals surface area contributed by atoms with E-state index in [1.165, 1.54) is 12.5 Å². The maximum Gasteiger partial charge on any atom is 0.326 e. The number of aliphatic hydroxyl groups is 1. The van der Waals surface area contributed by atoms with Crippen LogP contribution < -0.4 is 70.8 Å². The zero-order valence-electron chi connectivity index (χ0n) is 50.6. The van der Waals surface area contributed by atoms with Crippen LogP contribution in [0.25, 0.3) is 0 Å². The lowest BCUT2D eigenvalue weighted by Crippen LogP contribution is -2.62. The maximum atomic E-state index is 14.6. The predicted octanol–water partition coefficient (Wildman–Crippen LogP) is -3.59. The van der Waals surface area contributed by atoms with Gasteiger partial charge in [-0.2, -0.15) is 12.6 Å². The SMILES string of the molecule is CC[C@H](C)[C@H](NC(=O)[C@H](CCC(N)=O)NC(=O)[C@@H](NC(=O)[C@H](CS)NC(=O)[C@H](Cc1ccccc1)NC(=O)[C@H](CCC(=O)O)NC(=O)[C@@H](N)CO)[C@@H](C)CC)C(=O)N[C@@H](Cc1cnc[nH]1)C(=O)N[C@@H](Cc1ccccc1)C(=O)N[C@@H](CCCN=C(N)N)C(=O)O. The first-order valence-electron chi connectivity index (χ1n) is 29.3. The second kappa shape index (κ2) is 39.0. The minimum atomic E-state index is -1.60. The van der Waals surface area contributed by atoms with E-state index < -0.39 is 176 Å². The van der Waals surface area contributed by atoms with Crippen LogP contribution in [0.5, 0.6) is 0 Å². The van der Waals surface area contributed by atoms with Crippen LogP contribution in [0.2, 0.25) is 0 Å². The van der Waals surface area contributed by atoms with E-state index in [0.717, 1.165) is 0 Å². The number of rotatable bonds is 41. The standard InChI is InChI=1S/C58H86N16O15S/c1-5-31(3)46(74-54(85)43(29-90)72-52(83)41(25-34-16-11-8-12-17-34)69-49(80)38(20-22-45(77)78)66-48(79)36(59)28-75)55(86)67-37(19-21-44(60)76)50(81)73-47(32(4)6-2)56(87)71-42(26-35-27-63-30-65-35)53(84)70-40(24-33-14-9-7-10-15-33)51(82)68-39(57(88)89)18-13-23-64-58(61)62/h7-12,14-17,27,30-32,36-43,46-47,75,90H,5-6,13,18-26,28-29,59H2,1-4H3,(H2,60,76)(H,63,65)(H,66,79)(H,67,86)(H,68,82)(H,69,80)(H,70,84)(H,71,87)(H,72,83)(H,73,81)(H,74,85)(H,77,78)(H,88,89)(H4,61,62,64)/t31-,32-,36-,37-,38-,39-,40-,41-,42-,43-,46-,47-/m0/s1. The van der Waals surface area contributed by atoms with Crippen LogP contribution in [0.1, 0.15) is 95.9 Å². The highest BCUT2D eigenvalue weighted by Crippen LogP contribution is 2.15. The summed E-state index contributed by atoms with van der Waals surface area (Å²) in [5, 5.41) is 51.8. The van der Waals surface area contributed by atoms with Crippen LogP contribution in [0.3, 0.4) is 0 Å². The lowest BCUT2D eigenvalue weighted by atomic mass is 9.95. The fourth-order valence-electron chi connectivity index (χ4n) is 8.88. The van der Waals surface area contributed by atoms with Gasteiger partial charge >= 0.3 is 11.9 Å². The molecule has 3 rings (SSSR count). The van der Waals surface area contributed by atoms with E-state index in [1.807, 2.05) is 0 Å². The third-order valence-electron chi connectivity index (χ3n) is 14.5. The van der Waals surface area contributed by atoms with Crippen molar-refractivity contribution in [1.82, 2.24) is 57.8 Å². The lowest BCUT2D eigenvalue weighted by Gasteiger charge is -2.30. The molecule has 12 atom stereocenters. The van der Waals surface area contributed by atoms with Crippen molar-refractivity contribution < 1.29 is 72.9 Å². The summed E-state index contributed by atoms with van der Waals surface area (Å²) >= 11 is 4.29. The van der Waals surface area contributed by atoms with Crippen LogP contribution in [0.4, 0.5) is 0 Å². The van der Waals surface area contributed by atoms with Crippen molar-refractivity contribution in [1.29, 1.82) is 0 Å². The molecule has 0 saturated carbocycles. The van der Waals surface area contributed by atoms with Gasteiger partial charge in [0.2, 0.25) is 59.1 Å². The number of nitrogens with one attached hydrogen (secondary N) is 10. The van der Waals surface area contributed by atoms with Crippen molar-refractivity contribution in [3.8, 4) is 0 Å². The molecule has 10 amide bonds. The number of guanidine groups is 1. The average molecular weight is 1280 g/mol. The minimum absolute atomic E-state index is 0.0767. The second-order valence-corrected chi connectivity index (χ2v) is 21.9. The monoisotopic (exact) mass is 1280 g/mol. The number of carbonyl (C=O) groups is 12. The molecule has 0 radical (unpaired) electrons. The number of aromatic nitrogens is 2. The molecule has 0 aliphatic carbocycles. The van der Waals surface area contributed by atoms with Gasteiger partial charge in [0.25, 0.3) is 0 Å². The molecular weight excluding hydrogens is 1190 g/mol. The van der Waals surface area contributed by atoms with Crippen LogP contribution >= 0.6 is 12.6 Å². The largest absolute Gasteiger partial charge is 0.481 e. The summed E-state index contributed by atoms with van der Waals surface area (Å²) in [6.07, 6.45) is 0.929. The quantitative estimate of drug-likeness (QED) is 0.0113. The number of aliphatic hydroxyl groups excluding tert-OH is 1. The number of hydrogen-bond acceptors (Lipinski definition) is 17. The van der Waals surface area contributed by atoms with E-state index in [-0.39, 0.29) is 63.2 Å². The summed E-state index contributed by atoms with van der Waals surface area (Å²) < 4.78 is 0. The molecule has 0 aliphatic rings. The second-order valence-electron chi connectivity index (χ2n) is 21.5. The number of carboxylic acids is 2. The molecule has 0 unspecified atom stereocenters. The Balaban J connectivity index is 1.93. The Labute approximate surface area is 525 Å². The molecule has 2 aromatic carbocycles. The van der Waals surface area contributed by atoms with Crippen molar-refractivity contribution in [2.24, 2.45) is 39.8 Å². The summed E-state index contributed by atoms with van der Waals surface area (Å²) in [4.78, 5) is 173. The molecule has 1 aromatic heterocycles. The lowest BCUT2D eigenvalue weighted by molar-refractivity contribution is -0.142. The number of aromatic amines is 1. The Morgan fingerprint density at radius 3 is 1.38 bits per heavy atom. The van der Waals surface area contributed by atoms with Gasteiger partial charge in [0.05, 0.1) is 12.9 Å². The number of aliphatic imine (C=N–C) groups is 1. The van der Waals surface area contributed by atoms with Gasteiger partial charge in [0, 0.05) is 56.3 Å². The molecule has 0 saturated heterocycles. The molecule has 31 nitrogen and oxygen atoms in total. The number of H-pyrrole nitrogens is 1. The van der Waals surface area contributed by atoms with E-state index in [1.54, 1.807) is 88.4 Å². The molecule has 1 heterocycles. The number of nitrogens with zero attached hydrogens (tertiary/aromatic N) is 2. The van der Waals surface area contributed by atoms with Crippen LogP contribution in [0, 0.1) is 11.8 Å². The number of amides is 10. The highest BCUT2D eigenvalue weighted by atomic mass is 32.1. The van der Waals surface area contributed by atoms with Crippen LogP contribution in [-0.2, 0) is 76.8 Å². The van der Waals surface area contributed by atoms with Crippen molar-refractivity contribution in [2.75, 3.05) is 18.9 Å². The predicted molar refractivity (Wildman–Crippen MR) is 331 cm³/mol. The number of carboxylic acid groups (broad SMARTS) is 2. The third kappa shape index (κ3) is 26.3. The molecule has 0 spiro atoms. The highest BCUT2D eigenvalue weighted by molar-refractivity contribution is 7.80. The van der Waals surface area contributed by atoms with Crippen LogP contribution in [0.15, 0.2) is 78.2 Å². The Bertz CT molecular complexity index is 2900. The molecule has 494 valence electrons. The Hall–Kier alpha value is -9.17. The molecule has 3 aromatic rings. The van der Waals surface area contributed by atoms with Gasteiger partial charge in [-0.05, 0) is 48.6 Å². The van der Waals surface area contributed by atoms with Gasteiger partial charge in [-0.25, -0.2) is 9.78 Å². The number of thiol groups is 1. The summed E-state index contributed by atoms with van der Waals surface area (Å²) in [5.74, 6) is -13.9. The number of nitrogens with two attached hydrogens (primary N) is 4. The third-order valence-corrected chi connectivity index (χ3v) is 14.9. The zero-order valence-corrected chi connectivity index (χ0v) is 51.5. The summed E-state index contributed by atoms with van der Waals surface area (Å²) in [6.45, 7) is 5.93. The molecule has 0 fully saturated rings. The average Bonchev–Trinajstić information content (AvgIpc) is 3.87. The minimum Gasteiger partial charge on any atom is -0.481 e. The molecule has 21 N–H and O–H groups in total. The summed E-state index contributed by atoms with van der Waals surface area (Å²) in [5.41, 5.74) is 23.4. The summed E-state index contributed by atoms with van der Waals surface area (Å²) in [6, 6.07) is 2.08. The Morgan fingerprint density at radius 2 is 0.956 bits per heavy atom. The Kier molecular flexibility index (Phi) is 32.5. The van der Waals surface area contributed by atoms with E-state index in [2.05, 4.69) is 75.4 Å². The van der Waals surface area contributed by atoms with Gasteiger partial charge in [-0.15, -0.1) is 0 Å². The zero-order chi connectivity index (χ0) is 67.0. The highest BCUT2D eigenvalue weighted by Gasteiger charge is 2.38. The van der Waals surface area contributed by atoms with Crippen molar-refractivity contribution in [2.45, 2.75) is 159 Å². The number of hydrogen-bond donors (Lipinski definition) is 18. The van der Waals surface area contributed by atoms with Gasteiger partial charge in [0.15, 0.2) is 5.96 Å². The number of carbonyl (C=O) groups excluding carboxylic acids is 10. The molecule has 90 heavy (non-hydrogen) atoms. The van der Waals surface area contributed by atoms with Crippen molar-refractivity contribution in [3.63, 3.8) is 0 Å². The summed E-state index contributed by atoms with van der Waals surface area (Å²) in [7, 11) is 0. The topological polar surface area (TPSA) is 519 Å². The first-order valence-corrected chi connectivity index (χ1v) is 29.9. The fourth-order valence-corrected chi connectivity index (χ4v) is 9.13. The number of aliphatic carboxylic acids is 2. The normalized spacial score (nSPS) is 15.0. The number of imidazole rings is 1. The smallest absolute Gasteiger partial charge is 0.326 e. The van der Waals surface area contributed by atoms with E-state index >= 15 is 0 Å². The Morgan fingerprint density at radius 1 is 0.544 bits per heavy atom. The van der Waals surface area contributed by atoms with E-state index in [4.69, 9.17) is 22.9 Å². The van der Waals surface area contributed by atoms with Crippen LogP contribution in [-0.4, -0.2) is 182 Å². The van der Waals surface area contributed by atoms with Gasteiger partial charge in [-0.3, -0.25) is 57.7 Å². The maximum absolute atomic E-state index is 14.6. The van der Waals surface area contributed by atoms with Gasteiger partial charge < -0.3 is 91.1 Å². The van der Waals surface area contributed by atoms with E-state index in [9.17, 15) is 72.9 Å². The van der Waals surface area contributed by atoms with Gasteiger partial charge in [0.1, 0.15) is 60.4 Å². The number of primary amides is 1.